The number of aromatic amines is 2. The lowest BCUT2D eigenvalue weighted by molar-refractivity contribution is 0.379. The highest BCUT2D eigenvalue weighted by molar-refractivity contribution is 5.81. The number of hydrogen-bond acceptors (Lipinski definition) is 4. The van der Waals surface area contributed by atoms with E-state index in [2.05, 4.69) is 15.1 Å². The van der Waals surface area contributed by atoms with Crippen LogP contribution in [0.4, 0.5) is 0 Å². The van der Waals surface area contributed by atoms with Crippen molar-refractivity contribution in [1.82, 2.24) is 29.2 Å². The molecule has 4 aromatic rings. The Hall–Kier alpha value is -3.13. The first-order chi connectivity index (χ1) is 12.5. The average Bonchev–Trinajstić information content (AvgIpc) is 3.15. The van der Waals surface area contributed by atoms with Crippen LogP contribution >= 0.6 is 0 Å². The Balaban J connectivity index is 1.90. The Morgan fingerprint density at radius 1 is 1.15 bits per heavy atom. The van der Waals surface area contributed by atoms with Crippen LogP contribution in [0.25, 0.3) is 27.9 Å². The van der Waals surface area contributed by atoms with Gasteiger partial charge in [-0.25, -0.2) is 4.98 Å². The molecule has 26 heavy (non-hydrogen) atoms. The maximum atomic E-state index is 13.0. The van der Waals surface area contributed by atoms with E-state index in [0.717, 1.165) is 11.0 Å². The number of benzene rings is 1. The van der Waals surface area contributed by atoms with Gasteiger partial charge in [0.2, 0.25) is 5.95 Å². The van der Waals surface area contributed by atoms with E-state index in [1.807, 2.05) is 43.3 Å². The molecule has 3 aromatic heterocycles. The summed E-state index contributed by atoms with van der Waals surface area (Å²) in [6, 6.07) is 9.04. The zero-order valence-electron chi connectivity index (χ0n) is 14.9. The van der Waals surface area contributed by atoms with Gasteiger partial charge in [0.05, 0.1) is 21.9 Å². The molecule has 134 valence electrons. The molecule has 0 aliphatic carbocycles. The van der Waals surface area contributed by atoms with Crippen molar-refractivity contribution in [2.24, 2.45) is 0 Å². The molecule has 0 fully saturated rings. The minimum atomic E-state index is -0.227. The van der Waals surface area contributed by atoms with Gasteiger partial charge in [-0.3, -0.25) is 14.7 Å². The summed E-state index contributed by atoms with van der Waals surface area (Å²) in [5.74, 6) is 0.402. The zero-order valence-corrected chi connectivity index (χ0v) is 14.9. The van der Waals surface area contributed by atoms with Crippen molar-refractivity contribution in [1.29, 1.82) is 0 Å². The molecule has 0 aliphatic heterocycles. The van der Waals surface area contributed by atoms with Gasteiger partial charge in [-0.15, -0.1) is 0 Å². The molecule has 0 radical (unpaired) electrons. The lowest BCUT2D eigenvalue weighted by atomic mass is 10.2. The third-order valence-corrected chi connectivity index (χ3v) is 4.58. The second-order valence-corrected chi connectivity index (χ2v) is 6.64. The van der Waals surface area contributed by atoms with Crippen LogP contribution in [0.5, 0.6) is 0 Å². The first-order valence-electron chi connectivity index (χ1n) is 8.41. The number of para-hydroxylation sites is 2. The summed E-state index contributed by atoms with van der Waals surface area (Å²) >= 11 is 0. The van der Waals surface area contributed by atoms with Crippen molar-refractivity contribution < 1.29 is 0 Å². The lowest BCUT2D eigenvalue weighted by Crippen LogP contribution is -2.28. The molecule has 3 heterocycles. The molecule has 8 heteroatoms. The van der Waals surface area contributed by atoms with Gasteiger partial charge in [0, 0.05) is 24.8 Å². The van der Waals surface area contributed by atoms with E-state index < -0.39 is 0 Å². The smallest absolute Gasteiger partial charge is 0.283 e. The molecule has 1 aromatic carbocycles. The van der Waals surface area contributed by atoms with E-state index >= 15 is 0 Å². The summed E-state index contributed by atoms with van der Waals surface area (Å²) in [5.41, 5.74) is 2.43. The van der Waals surface area contributed by atoms with Gasteiger partial charge in [0.1, 0.15) is 0 Å². The SMILES string of the molecule is Cc1c2c(=O)n(-c3nc4ccccc4[nH]3)[nH]c2cc(=O)n1CCN(C)C. The highest BCUT2D eigenvalue weighted by Crippen LogP contribution is 2.15. The van der Waals surface area contributed by atoms with E-state index in [4.69, 9.17) is 0 Å². The quantitative estimate of drug-likeness (QED) is 0.578. The minimum Gasteiger partial charge on any atom is -0.322 e. The number of pyridine rings is 1. The number of nitrogens with one attached hydrogen (secondary N) is 2. The van der Waals surface area contributed by atoms with Gasteiger partial charge in [-0.1, -0.05) is 12.1 Å². The molecule has 0 aliphatic rings. The minimum absolute atomic E-state index is 0.130. The van der Waals surface area contributed by atoms with Gasteiger partial charge >= 0.3 is 0 Å². The van der Waals surface area contributed by atoms with Gasteiger partial charge in [0.25, 0.3) is 11.1 Å². The van der Waals surface area contributed by atoms with Crippen LogP contribution in [-0.2, 0) is 6.54 Å². The van der Waals surface area contributed by atoms with Crippen molar-refractivity contribution in [3.05, 3.63) is 56.7 Å². The number of hydrogen-bond donors (Lipinski definition) is 2. The topological polar surface area (TPSA) is 91.7 Å². The Morgan fingerprint density at radius 3 is 2.65 bits per heavy atom. The van der Waals surface area contributed by atoms with Crippen LogP contribution in [0, 0.1) is 6.92 Å². The summed E-state index contributed by atoms with van der Waals surface area (Å²) < 4.78 is 2.99. The van der Waals surface area contributed by atoms with Gasteiger partial charge < -0.3 is 14.5 Å². The van der Waals surface area contributed by atoms with Crippen LogP contribution in [0.15, 0.2) is 39.9 Å². The van der Waals surface area contributed by atoms with Crippen LogP contribution in [0.3, 0.4) is 0 Å². The summed E-state index contributed by atoms with van der Waals surface area (Å²) in [5, 5.41) is 3.51. The second kappa shape index (κ2) is 5.99. The van der Waals surface area contributed by atoms with E-state index in [-0.39, 0.29) is 11.1 Å². The summed E-state index contributed by atoms with van der Waals surface area (Å²) in [6.45, 7) is 3.05. The van der Waals surface area contributed by atoms with E-state index in [1.165, 1.54) is 10.7 Å². The molecule has 8 nitrogen and oxygen atoms in total. The normalized spacial score (nSPS) is 11.8. The number of likely N-dealkylation sites (N-methyl/N-ethyl adjacent to an activating group) is 1. The number of rotatable bonds is 4. The molecular formula is C18H20N6O2. The van der Waals surface area contributed by atoms with Crippen LogP contribution in [-0.4, -0.2) is 49.9 Å². The number of H-pyrrole nitrogens is 2. The van der Waals surface area contributed by atoms with Crippen LogP contribution in [0.1, 0.15) is 5.69 Å². The third-order valence-electron chi connectivity index (χ3n) is 4.58. The predicted molar refractivity (Wildman–Crippen MR) is 101 cm³/mol. The standard InChI is InChI=1S/C18H20N6O2/c1-11-16-14(10-15(25)23(11)9-8-22(2)3)21-24(17(16)26)18-19-12-6-4-5-7-13(12)20-18/h4-7,10,21H,8-9H2,1-3H3,(H,19,20). The molecule has 0 spiro atoms. The maximum absolute atomic E-state index is 13.0. The van der Waals surface area contributed by atoms with Gasteiger partial charge in [-0.05, 0) is 33.2 Å². The molecule has 4 rings (SSSR count). The highest BCUT2D eigenvalue weighted by atomic mass is 16.1. The Kier molecular flexibility index (Phi) is 3.77. The molecule has 0 atom stereocenters. The molecule has 0 saturated heterocycles. The van der Waals surface area contributed by atoms with Gasteiger partial charge in [0.15, 0.2) is 0 Å². The predicted octanol–water partition coefficient (Wildman–Crippen LogP) is 1.23. The molecule has 0 bridgehead atoms. The lowest BCUT2D eigenvalue weighted by Gasteiger charge is -2.13. The van der Waals surface area contributed by atoms with E-state index in [9.17, 15) is 9.59 Å². The Labute approximate surface area is 148 Å². The number of imidazole rings is 1. The van der Waals surface area contributed by atoms with E-state index in [0.29, 0.717) is 35.6 Å². The summed E-state index contributed by atoms with van der Waals surface area (Å²) in [6.07, 6.45) is 0. The monoisotopic (exact) mass is 352 g/mol. The van der Waals surface area contributed by atoms with Crippen molar-refractivity contribution >= 4 is 21.9 Å². The molecule has 0 unspecified atom stereocenters. The van der Waals surface area contributed by atoms with E-state index in [1.54, 1.807) is 11.5 Å². The molecule has 2 N–H and O–H groups in total. The molecule has 0 saturated carbocycles. The first-order valence-corrected chi connectivity index (χ1v) is 8.41. The third kappa shape index (κ3) is 2.55. The largest absolute Gasteiger partial charge is 0.322 e. The average molecular weight is 352 g/mol. The van der Waals surface area contributed by atoms with Crippen LogP contribution in [0.2, 0.25) is 0 Å². The fourth-order valence-corrected chi connectivity index (χ4v) is 3.18. The summed E-state index contributed by atoms with van der Waals surface area (Å²) in [7, 11) is 3.90. The second-order valence-electron chi connectivity index (χ2n) is 6.64. The number of aryl methyl sites for hydroxylation is 1. The van der Waals surface area contributed by atoms with Crippen molar-refractivity contribution in [2.45, 2.75) is 13.5 Å². The fraction of sp³-hybridized carbons (Fsp3) is 0.278. The van der Waals surface area contributed by atoms with Crippen molar-refractivity contribution in [2.75, 3.05) is 20.6 Å². The highest BCUT2D eigenvalue weighted by Gasteiger charge is 2.16. The molecule has 0 amide bonds. The number of fused-ring (bicyclic) bond motifs is 2. The Bertz CT molecular complexity index is 1190. The first kappa shape index (κ1) is 16.3. The number of aromatic nitrogens is 5. The van der Waals surface area contributed by atoms with Crippen molar-refractivity contribution in [3.63, 3.8) is 0 Å². The van der Waals surface area contributed by atoms with Gasteiger partial charge in [-0.2, -0.15) is 4.68 Å². The summed E-state index contributed by atoms with van der Waals surface area (Å²) in [4.78, 5) is 35.0. The maximum Gasteiger partial charge on any atom is 0.283 e. The Morgan fingerprint density at radius 2 is 1.92 bits per heavy atom. The molecular weight excluding hydrogens is 332 g/mol. The number of nitrogens with zero attached hydrogens (tertiary/aromatic N) is 4. The fourth-order valence-electron chi connectivity index (χ4n) is 3.18. The zero-order chi connectivity index (χ0) is 18.4. The van der Waals surface area contributed by atoms with Crippen LogP contribution < -0.4 is 11.1 Å². The van der Waals surface area contributed by atoms with Crippen molar-refractivity contribution in [3.8, 4) is 5.95 Å².